The lowest BCUT2D eigenvalue weighted by Gasteiger charge is -2.37. The van der Waals surface area contributed by atoms with E-state index in [1.807, 2.05) is 121 Å². The number of rotatable bonds is 19. The number of methoxy groups -OCH3 is 1. The molecule has 4 aromatic rings. The molecule has 0 radical (unpaired) electrons. The zero-order valence-electron chi connectivity index (χ0n) is 24.9. The Hall–Kier alpha value is -3.78. The van der Waals surface area contributed by atoms with E-state index in [0.29, 0.717) is 32.8 Å². The Labute approximate surface area is 255 Å². The van der Waals surface area contributed by atoms with Crippen molar-refractivity contribution < 1.29 is 24.1 Å². The van der Waals surface area contributed by atoms with Gasteiger partial charge in [0.2, 0.25) is 0 Å². The minimum atomic E-state index is -0.639. The standard InChI is InChI=1S/C37H43NO5/c1-3-13-34(38-24-29-20-22-33(40-2)23-21-29)36(42-27-31-16-9-5-10-17-31)37(43-28-32-18-11-6-12-19-32)35(25-39)41-26-30-14-7-4-8-15-30/h3-12,14-23,34-39H,1,13,24-28H2,2H3/t34?,35-,36+,37+/m1/s1. The lowest BCUT2D eigenvalue weighted by atomic mass is 9.97. The zero-order chi connectivity index (χ0) is 30.1. The van der Waals surface area contributed by atoms with Gasteiger partial charge in [-0.25, -0.2) is 0 Å². The van der Waals surface area contributed by atoms with Crippen LogP contribution in [0.1, 0.15) is 28.7 Å². The van der Waals surface area contributed by atoms with E-state index >= 15 is 0 Å². The van der Waals surface area contributed by atoms with Gasteiger partial charge in [0.25, 0.3) is 0 Å². The van der Waals surface area contributed by atoms with Crippen LogP contribution < -0.4 is 10.1 Å². The largest absolute Gasteiger partial charge is 0.497 e. The topological polar surface area (TPSA) is 69.2 Å². The van der Waals surface area contributed by atoms with Gasteiger partial charge in [-0.05, 0) is 40.8 Å². The van der Waals surface area contributed by atoms with Crippen molar-refractivity contribution in [1.82, 2.24) is 5.32 Å². The van der Waals surface area contributed by atoms with Gasteiger partial charge in [0.1, 0.15) is 24.1 Å². The van der Waals surface area contributed by atoms with E-state index in [1.165, 1.54) is 0 Å². The van der Waals surface area contributed by atoms with Crippen molar-refractivity contribution in [2.75, 3.05) is 13.7 Å². The summed E-state index contributed by atoms with van der Waals surface area (Å²) in [6, 6.07) is 37.8. The van der Waals surface area contributed by atoms with Crippen LogP contribution in [0.4, 0.5) is 0 Å². The minimum absolute atomic E-state index is 0.182. The first-order valence-electron chi connectivity index (χ1n) is 14.7. The highest BCUT2D eigenvalue weighted by atomic mass is 16.6. The maximum absolute atomic E-state index is 10.7. The molecular formula is C37H43NO5. The lowest BCUT2D eigenvalue weighted by Crippen LogP contribution is -2.54. The molecule has 4 atom stereocenters. The molecule has 226 valence electrons. The fraction of sp³-hybridized carbons (Fsp3) is 0.297. The molecule has 0 aliphatic rings. The average Bonchev–Trinajstić information content (AvgIpc) is 3.07. The summed E-state index contributed by atoms with van der Waals surface area (Å²) in [5.41, 5.74) is 4.20. The van der Waals surface area contributed by atoms with Gasteiger partial charge >= 0.3 is 0 Å². The maximum Gasteiger partial charge on any atom is 0.118 e. The smallest absolute Gasteiger partial charge is 0.118 e. The summed E-state index contributed by atoms with van der Waals surface area (Å²) in [5, 5.41) is 14.3. The molecule has 0 saturated carbocycles. The van der Waals surface area contributed by atoms with Gasteiger partial charge in [0, 0.05) is 12.6 Å². The summed E-state index contributed by atoms with van der Waals surface area (Å²) in [6.45, 7) is 5.49. The molecule has 0 aromatic heterocycles. The van der Waals surface area contributed by atoms with E-state index in [2.05, 4.69) is 11.9 Å². The number of nitrogens with one attached hydrogen (secondary N) is 1. The molecule has 43 heavy (non-hydrogen) atoms. The predicted molar refractivity (Wildman–Crippen MR) is 171 cm³/mol. The van der Waals surface area contributed by atoms with Crippen LogP contribution >= 0.6 is 0 Å². The van der Waals surface area contributed by atoms with E-state index in [4.69, 9.17) is 18.9 Å². The monoisotopic (exact) mass is 581 g/mol. The number of hydrogen-bond donors (Lipinski definition) is 2. The number of benzene rings is 4. The Morgan fingerprint density at radius 3 is 1.60 bits per heavy atom. The van der Waals surface area contributed by atoms with Crippen molar-refractivity contribution in [3.05, 3.63) is 150 Å². The van der Waals surface area contributed by atoms with Crippen molar-refractivity contribution in [1.29, 1.82) is 0 Å². The first kappa shape index (κ1) is 32.1. The van der Waals surface area contributed by atoms with Crippen molar-refractivity contribution in [2.24, 2.45) is 0 Å². The summed E-state index contributed by atoms with van der Waals surface area (Å²) >= 11 is 0. The first-order chi connectivity index (χ1) is 21.2. The summed E-state index contributed by atoms with van der Waals surface area (Å²) in [5.74, 6) is 0.811. The molecule has 2 N–H and O–H groups in total. The Kier molecular flexibility index (Phi) is 13.5. The molecule has 0 aliphatic heterocycles. The summed E-state index contributed by atoms with van der Waals surface area (Å²) in [4.78, 5) is 0. The molecule has 0 bridgehead atoms. The van der Waals surface area contributed by atoms with Crippen LogP contribution in [0, 0.1) is 0 Å². The molecule has 0 saturated heterocycles. The number of ether oxygens (including phenoxy) is 4. The summed E-state index contributed by atoms with van der Waals surface area (Å²) in [6.07, 6.45) is 0.800. The van der Waals surface area contributed by atoms with E-state index in [9.17, 15) is 5.11 Å². The number of aliphatic hydroxyl groups excluding tert-OH is 1. The second-order valence-electron chi connectivity index (χ2n) is 10.4. The highest BCUT2D eigenvalue weighted by molar-refractivity contribution is 5.27. The normalized spacial score (nSPS) is 14.0. The predicted octanol–water partition coefficient (Wildman–Crippen LogP) is 6.48. The van der Waals surface area contributed by atoms with Crippen LogP contribution in [0.15, 0.2) is 128 Å². The molecular weight excluding hydrogens is 538 g/mol. The summed E-state index contributed by atoms with van der Waals surface area (Å²) in [7, 11) is 1.66. The highest BCUT2D eigenvalue weighted by Crippen LogP contribution is 2.23. The van der Waals surface area contributed by atoms with E-state index in [-0.39, 0.29) is 12.6 Å². The highest BCUT2D eigenvalue weighted by Gasteiger charge is 2.37. The van der Waals surface area contributed by atoms with Crippen LogP contribution in [0.5, 0.6) is 5.75 Å². The van der Waals surface area contributed by atoms with Gasteiger partial charge in [0.15, 0.2) is 0 Å². The number of aliphatic hydroxyl groups is 1. The van der Waals surface area contributed by atoms with Gasteiger partial charge in [-0.2, -0.15) is 0 Å². The SMILES string of the molecule is C=CCC(NCc1ccc(OC)cc1)[C@H](OCc1ccccc1)[C@@H](OCc1ccccc1)[C@@H](CO)OCc1ccccc1. The van der Waals surface area contributed by atoms with Crippen LogP contribution in [-0.4, -0.2) is 43.2 Å². The zero-order valence-corrected chi connectivity index (χ0v) is 24.9. The van der Waals surface area contributed by atoms with E-state index in [1.54, 1.807) is 7.11 Å². The van der Waals surface area contributed by atoms with E-state index < -0.39 is 18.3 Å². The Morgan fingerprint density at radius 1 is 0.651 bits per heavy atom. The maximum atomic E-state index is 10.7. The molecule has 1 unspecified atom stereocenters. The average molecular weight is 582 g/mol. The fourth-order valence-corrected chi connectivity index (χ4v) is 4.92. The van der Waals surface area contributed by atoms with Gasteiger partial charge in [-0.3, -0.25) is 0 Å². The lowest BCUT2D eigenvalue weighted by molar-refractivity contribution is -0.169. The first-order valence-corrected chi connectivity index (χ1v) is 14.7. The van der Waals surface area contributed by atoms with Gasteiger partial charge in [0.05, 0.1) is 33.5 Å². The van der Waals surface area contributed by atoms with Crippen molar-refractivity contribution in [2.45, 2.75) is 57.1 Å². The molecule has 0 heterocycles. The van der Waals surface area contributed by atoms with E-state index in [0.717, 1.165) is 28.0 Å². The third kappa shape index (κ3) is 10.5. The molecule has 0 amide bonds. The van der Waals surface area contributed by atoms with Gasteiger partial charge in [-0.15, -0.1) is 6.58 Å². The molecule has 6 nitrogen and oxygen atoms in total. The summed E-state index contributed by atoms with van der Waals surface area (Å²) < 4.78 is 25.0. The van der Waals surface area contributed by atoms with Crippen molar-refractivity contribution in [3.8, 4) is 5.75 Å². The Balaban J connectivity index is 1.62. The Morgan fingerprint density at radius 2 is 1.14 bits per heavy atom. The van der Waals surface area contributed by atoms with Crippen LogP contribution in [-0.2, 0) is 40.6 Å². The van der Waals surface area contributed by atoms with Gasteiger partial charge < -0.3 is 29.4 Å². The van der Waals surface area contributed by atoms with Crippen molar-refractivity contribution >= 4 is 0 Å². The molecule has 4 aromatic carbocycles. The Bertz CT molecular complexity index is 1300. The quantitative estimate of drug-likeness (QED) is 0.124. The minimum Gasteiger partial charge on any atom is -0.497 e. The van der Waals surface area contributed by atoms with Crippen LogP contribution in [0.2, 0.25) is 0 Å². The number of hydrogen-bond acceptors (Lipinski definition) is 6. The van der Waals surface area contributed by atoms with Crippen LogP contribution in [0.25, 0.3) is 0 Å². The third-order valence-corrected chi connectivity index (χ3v) is 7.29. The fourth-order valence-electron chi connectivity index (χ4n) is 4.92. The van der Waals surface area contributed by atoms with Gasteiger partial charge in [-0.1, -0.05) is 109 Å². The van der Waals surface area contributed by atoms with Crippen molar-refractivity contribution in [3.63, 3.8) is 0 Å². The second kappa shape index (κ2) is 18.0. The molecule has 0 aliphatic carbocycles. The van der Waals surface area contributed by atoms with Crippen LogP contribution in [0.3, 0.4) is 0 Å². The molecule has 4 rings (SSSR count). The second-order valence-corrected chi connectivity index (χ2v) is 10.4. The molecule has 0 spiro atoms. The molecule has 6 heteroatoms. The third-order valence-electron chi connectivity index (χ3n) is 7.29. The molecule has 0 fully saturated rings.